The van der Waals surface area contributed by atoms with E-state index in [0.717, 1.165) is 28.0 Å². The number of carbonyl (C=O) groups is 1. The summed E-state index contributed by atoms with van der Waals surface area (Å²) in [4.78, 5) is 11.2. The van der Waals surface area contributed by atoms with Crippen molar-refractivity contribution in [3.63, 3.8) is 0 Å². The lowest BCUT2D eigenvalue weighted by atomic mass is 9.94. The van der Waals surface area contributed by atoms with Crippen LogP contribution in [0.5, 0.6) is 0 Å². The lowest BCUT2D eigenvalue weighted by molar-refractivity contribution is -0.121. The maximum absolute atomic E-state index is 13.4. The fraction of sp³-hybridized carbons (Fsp3) is 0.222. The van der Waals surface area contributed by atoms with Crippen molar-refractivity contribution in [3.8, 4) is 11.1 Å². The molecule has 0 radical (unpaired) electrons. The van der Waals surface area contributed by atoms with E-state index in [2.05, 4.69) is 16.6 Å². The molecule has 0 atom stereocenters. The zero-order valence-corrected chi connectivity index (χ0v) is 12.6. The summed E-state index contributed by atoms with van der Waals surface area (Å²) in [5.74, 6) is -0.232. The van der Waals surface area contributed by atoms with Crippen LogP contribution in [0.15, 0.2) is 41.5 Å². The quantitative estimate of drug-likeness (QED) is 0.901. The summed E-state index contributed by atoms with van der Waals surface area (Å²) in [7, 11) is 0. The number of nitrogens with one attached hydrogen (secondary N) is 1. The lowest BCUT2D eigenvalue weighted by Gasteiger charge is -2.14. The highest BCUT2D eigenvalue weighted by Crippen LogP contribution is 2.26. The smallest absolute Gasteiger partial charge is 0.240 e. The van der Waals surface area contributed by atoms with Crippen LogP contribution in [0, 0.1) is 19.7 Å². The van der Waals surface area contributed by atoms with Crippen molar-refractivity contribution < 1.29 is 9.18 Å². The summed E-state index contributed by atoms with van der Waals surface area (Å²) >= 11 is 0. The molecule has 1 aliphatic heterocycles. The molecule has 1 amide bonds. The van der Waals surface area contributed by atoms with Crippen molar-refractivity contribution in [2.24, 2.45) is 5.10 Å². The van der Waals surface area contributed by atoms with Gasteiger partial charge in [-0.25, -0.2) is 9.82 Å². The van der Waals surface area contributed by atoms with Crippen LogP contribution in [-0.4, -0.2) is 11.6 Å². The van der Waals surface area contributed by atoms with Gasteiger partial charge in [-0.1, -0.05) is 18.2 Å². The molecule has 0 unspecified atom stereocenters. The first-order chi connectivity index (χ1) is 10.5. The van der Waals surface area contributed by atoms with E-state index in [-0.39, 0.29) is 11.7 Å². The molecule has 2 aromatic carbocycles. The third kappa shape index (κ3) is 2.77. The van der Waals surface area contributed by atoms with Gasteiger partial charge in [0.15, 0.2) is 0 Å². The van der Waals surface area contributed by atoms with Gasteiger partial charge in [0.05, 0.1) is 5.71 Å². The number of hydrogen-bond acceptors (Lipinski definition) is 2. The number of aryl methyl sites for hydroxylation is 2. The monoisotopic (exact) mass is 296 g/mol. The van der Waals surface area contributed by atoms with E-state index in [1.54, 1.807) is 13.0 Å². The topological polar surface area (TPSA) is 41.5 Å². The molecule has 1 heterocycles. The van der Waals surface area contributed by atoms with Crippen LogP contribution in [-0.2, 0) is 4.79 Å². The normalized spacial score (nSPS) is 14.5. The van der Waals surface area contributed by atoms with Gasteiger partial charge in [0, 0.05) is 12.8 Å². The zero-order valence-electron chi connectivity index (χ0n) is 12.6. The Morgan fingerprint density at radius 2 is 1.73 bits per heavy atom. The average Bonchev–Trinajstić information content (AvgIpc) is 2.51. The van der Waals surface area contributed by atoms with Crippen LogP contribution in [0.25, 0.3) is 11.1 Å². The Kier molecular flexibility index (Phi) is 3.75. The Balaban J connectivity index is 1.95. The Hall–Kier alpha value is -2.49. The van der Waals surface area contributed by atoms with E-state index >= 15 is 0 Å². The highest BCUT2D eigenvalue weighted by Gasteiger charge is 2.14. The minimum Gasteiger partial charge on any atom is -0.273 e. The Morgan fingerprint density at radius 3 is 2.36 bits per heavy atom. The summed E-state index contributed by atoms with van der Waals surface area (Å²) in [6, 6.07) is 11.2. The SMILES string of the molecule is Cc1cc(-c2ccc(C3=NNC(=O)CC3)cc2C)ccc1F. The molecule has 0 spiro atoms. The van der Waals surface area contributed by atoms with Crippen LogP contribution in [0.4, 0.5) is 4.39 Å². The van der Waals surface area contributed by atoms with E-state index in [9.17, 15) is 9.18 Å². The fourth-order valence-electron chi connectivity index (χ4n) is 2.66. The molecule has 0 saturated carbocycles. The molecule has 3 rings (SSSR count). The first kappa shape index (κ1) is 14.4. The maximum Gasteiger partial charge on any atom is 0.240 e. The lowest BCUT2D eigenvalue weighted by Crippen LogP contribution is -2.25. The highest BCUT2D eigenvalue weighted by molar-refractivity contribution is 6.04. The molecule has 0 aromatic heterocycles. The average molecular weight is 296 g/mol. The van der Waals surface area contributed by atoms with Crippen molar-refractivity contribution in [2.45, 2.75) is 26.7 Å². The highest BCUT2D eigenvalue weighted by atomic mass is 19.1. The van der Waals surface area contributed by atoms with Crippen LogP contribution < -0.4 is 5.43 Å². The molecule has 3 nitrogen and oxygen atoms in total. The molecular weight excluding hydrogens is 279 g/mol. The summed E-state index contributed by atoms with van der Waals surface area (Å²) in [5, 5.41) is 4.12. The van der Waals surface area contributed by atoms with Gasteiger partial charge in [-0.2, -0.15) is 5.10 Å². The molecule has 112 valence electrons. The van der Waals surface area contributed by atoms with Crippen LogP contribution in [0.1, 0.15) is 29.5 Å². The van der Waals surface area contributed by atoms with Crippen LogP contribution in [0.2, 0.25) is 0 Å². The van der Waals surface area contributed by atoms with Gasteiger partial charge in [0.25, 0.3) is 0 Å². The van der Waals surface area contributed by atoms with Crippen LogP contribution >= 0.6 is 0 Å². The predicted octanol–water partition coefficient (Wildman–Crippen LogP) is 3.72. The van der Waals surface area contributed by atoms with E-state index < -0.39 is 0 Å². The number of nitrogens with zero attached hydrogens (tertiary/aromatic N) is 1. The molecule has 22 heavy (non-hydrogen) atoms. The zero-order chi connectivity index (χ0) is 15.7. The second kappa shape index (κ2) is 5.72. The molecule has 0 aliphatic carbocycles. The maximum atomic E-state index is 13.4. The third-order valence-electron chi connectivity index (χ3n) is 3.93. The number of benzene rings is 2. The van der Waals surface area contributed by atoms with Gasteiger partial charge in [-0.15, -0.1) is 0 Å². The number of rotatable bonds is 2. The van der Waals surface area contributed by atoms with Gasteiger partial charge in [0.2, 0.25) is 5.91 Å². The minimum absolute atomic E-state index is 0.0427. The van der Waals surface area contributed by atoms with Crippen molar-refractivity contribution >= 4 is 11.6 Å². The largest absolute Gasteiger partial charge is 0.273 e. The Labute approximate surface area is 128 Å². The fourth-order valence-corrected chi connectivity index (χ4v) is 2.66. The van der Waals surface area contributed by atoms with Gasteiger partial charge < -0.3 is 0 Å². The molecule has 4 heteroatoms. The summed E-state index contributed by atoms with van der Waals surface area (Å²) in [6.45, 7) is 3.79. The first-order valence-electron chi connectivity index (χ1n) is 7.27. The van der Waals surface area contributed by atoms with Gasteiger partial charge >= 0.3 is 0 Å². The summed E-state index contributed by atoms with van der Waals surface area (Å²) in [5.41, 5.74) is 8.24. The number of carbonyl (C=O) groups excluding carboxylic acids is 1. The second-order valence-electron chi connectivity index (χ2n) is 5.59. The molecule has 0 fully saturated rings. The van der Waals surface area contributed by atoms with Crippen molar-refractivity contribution in [2.75, 3.05) is 0 Å². The Morgan fingerprint density at radius 1 is 1.00 bits per heavy atom. The van der Waals surface area contributed by atoms with E-state index in [1.165, 1.54) is 6.07 Å². The molecule has 2 aromatic rings. The number of halogens is 1. The second-order valence-corrected chi connectivity index (χ2v) is 5.59. The molecule has 1 aliphatic rings. The van der Waals surface area contributed by atoms with Gasteiger partial charge in [0.1, 0.15) is 5.82 Å². The van der Waals surface area contributed by atoms with Gasteiger partial charge in [-0.3, -0.25) is 4.79 Å². The molecular formula is C18H17FN2O. The number of amides is 1. The van der Waals surface area contributed by atoms with E-state index in [4.69, 9.17) is 0 Å². The van der Waals surface area contributed by atoms with E-state index in [0.29, 0.717) is 18.4 Å². The van der Waals surface area contributed by atoms with Gasteiger partial charge in [-0.05, 0) is 59.9 Å². The number of hydrogen-bond donors (Lipinski definition) is 1. The third-order valence-corrected chi connectivity index (χ3v) is 3.93. The van der Waals surface area contributed by atoms with Crippen LogP contribution in [0.3, 0.4) is 0 Å². The van der Waals surface area contributed by atoms with Crippen molar-refractivity contribution in [3.05, 3.63) is 58.9 Å². The Bertz CT molecular complexity index is 781. The standard InChI is InChI=1S/C18H17FN2O/c1-11-9-14(17-7-8-18(22)21-20-17)3-5-15(11)13-4-6-16(19)12(2)10-13/h3-6,9-10H,7-8H2,1-2H3,(H,21,22). The molecule has 0 bridgehead atoms. The number of hydrazone groups is 1. The molecule has 1 N–H and O–H groups in total. The van der Waals surface area contributed by atoms with Crippen molar-refractivity contribution in [1.82, 2.24) is 5.43 Å². The first-order valence-corrected chi connectivity index (χ1v) is 7.27. The minimum atomic E-state index is -0.190. The summed E-state index contributed by atoms with van der Waals surface area (Å²) < 4.78 is 13.4. The van der Waals surface area contributed by atoms with E-state index in [1.807, 2.05) is 25.1 Å². The molecule has 0 saturated heterocycles. The summed E-state index contributed by atoms with van der Waals surface area (Å²) in [6.07, 6.45) is 1.12. The van der Waals surface area contributed by atoms with Crippen molar-refractivity contribution in [1.29, 1.82) is 0 Å². The predicted molar refractivity (Wildman–Crippen MR) is 85.2 cm³/mol.